The van der Waals surface area contributed by atoms with Crippen molar-refractivity contribution < 1.29 is 14.3 Å². The van der Waals surface area contributed by atoms with Gasteiger partial charge in [-0.1, -0.05) is 35.3 Å². The number of fused-ring (bicyclic) bond motifs is 1. The summed E-state index contributed by atoms with van der Waals surface area (Å²) in [6.07, 6.45) is 1.90. The van der Waals surface area contributed by atoms with E-state index in [0.717, 1.165) is 97.6 Å². The number of benzene rings is 3. The van der Waals surface area contributed by atoms with Gasteiger partial charge in [-0.3, -0.25) is 9.48 Å². The normalized spacial score (nSPS) is 14.5. The van der Waals surface area contributed by atoms with Crippen LogP contribution in [0.3, 0.4) is 0 Å². The zero-order valence-corrected chi connectivity index (χ0v) is 29.5. The summed E-state index contributed by atoms with van der Waals surface area (Å²) in [6.45, 7) is 13.7. The molecular formula is C38H42Cl2N4O3. The predicted octanol–water partition coefficient (Wildman–Crippen LogP) is 8.58. The minimum absolute atomic E-state index is 0.0976. The first-order valence-corrected chi connectivity index (χ1v) is 17.0. The Bertz CT molecular complexity index is 1870. The summed E-state index contributed by atoms with van der Waals surface area (Å²) in [5.74, 6) is 0.703. The molecule has 1 saturated heterocycles. The molecule has 6 rings (SSSR count). The van der Waals surface area contributed by atoms with Gasteiger partial charge >= 0.3 is 0 Å². The van der Waals surface area contributed by atoms with Crippen LogP contribution in [0.4, 0.5) is 11.4 Å². The van der Waals surface area contributed by atoms with Gasteiger partial charge in [-0.05, 0) is 111 Å². The van der Waals surface area contributed by atoms with E-state index in [1.54, 1.807) is 0 Å². The topological polar surface area (TPSA) is 68.6 Å². The number of ether oxygens (including phenoxy) is 2. The van der Waals surface area contributed by atoms with Crippen molar-refractivity contribution in [1.29, 1.82) is 0 Å². The summed E-state index contributed by atoms with van der Waals surface area (Å²) in [5.41, 5.74) is 12.9. The first-order valence-electron chi connectivity index (χ1n) is 16.2. The molecule has 0 radical (unpaired) electrons. The van der Waals surface area contributed by atoms with Crippen molar-refractivity contribution in [2.75, 3.05) is 43.1 Å². The summed E-state index contributed by atoms with van der Waals surface area (Å²) in [4.78, 5) is 16.5. The number of carbonyl (C=O) groups excluding carboxylic acids is 1. The van der Waals surface area contributed by atoms with Crippen LogP contribution >= 0.6 is 23.2 Å². The highest BCUT2D eigenvalue weighted by Gasteiger charge is 2.31. The van der Waals surface area contributed by atoms with E-state index in [1.165, 1.54) is 5.56 Å². The number of anilines is 2. The minimum Gasteiger partial charge on any atom is -0.494 e. The van der Waals surface area contributed by atoms with Crippen LogP contribution in [0.5, 0.6) is 5.75 Å². The highest BCUT2D eigenvalue weighted by atomic mass is 35.5. The quantitative estimate of drug-likeness (QED) is 0.180. The molecule has 47 heavy (non-hydrogen) atoms. The van der Waals surface area contributed by atoms with Gasteiger partial charge < -0.3 is 19.7 Å². The van der Waals surface area contributed by atoms with Crippen LogP contribution in [-0.2, 0) is 23.0 Å². The Hall–Kier alpha value is -3.78. The first-order chi connectivity index (χ1) is 22.5. The third-order valence-electron chi connectivity index (χ3n) is 9.41. The van der Waals surface area contributed by atoms with Gasteiger partial charge in [0, 0.05) is 70.4 Å². The monoisotopic (exact) mass is 672 g/mol. The van der Waals surface area contributed by atoms with Gasteiger partial charge in [0.15, 0.2) is 0 Å². The molecule has 0 bridgehead atoms. The second-order valence-electron chi connectivity index (χ2n) is 12.6. The fourth-order valence-corrected chi connectivity index (χ4v) is 7.29. The third-order valence-corrected chi connectivity index (χ3v) is 10.3. The molecule has 1 aliphatic heterocycles. The fraction of sp³-hybridized carbons (Fsp3) is 0.368. The number of amides is 1. The molecule has 0 saturated carbocycles. The number of hydrogen-bond acceptors (Lipinski definition) is 5. The maximum atomic E-state index is 14.2. The number of rotatable bonds is 9. The van der Waals surface area contributed by atoms with E-state index in [9.17, 15) is 4.79 Å². The zero-order chi connectivity index (χ0) is 33.4. The fourth-order valence-electron chi connectivity index (χ4n) is 6.91. The highest BCUT2D eigenvalue weighted by Crippen LogP contribution is 2.46. The average molecular weight is 674 g/mol. The molecular weight excluding hydrogens is 631 g/mol. The summed E-state index contributed by atoms with van der Waals surface area (Å²) in [7, 11) is 1.95. The smallest absolute Gasteiger partial charge is 0.252 e. The van der Waals surface area contributed by atoms with Crippen molar-refractivity contribution in [3.8, 4) is 16.9 Å². The second kappa shape index (κ2) is 13.8. The molecule has 0 spiro atoms. The van der Waals surface area contributed by atoms with Crippen LogP contribution in [0.2, 0.25) is 10.0 Å². The largest absolute Gasteiger partial charge is 0.494 e. The SMILES string of the molecule is Cc1ccc(NC(=O)C2=C(CCCOc3cc(C)c(Cl)c(C)c3)c3ccc(Cl)c(-c4c(C)nn(C)c4C)c3C2)cc1N1CCOCC1. The molecule has 0 atom stereocenters. The summed E-state index contributed by atoms with van der Waals surface area (Å²) >= 11 is 13.3. The summed E-state index contributed by atoms with van der Waals surface area (Å²) < 4.78 is 13.6. The van der Waals surface area contributed by atoms with E-state index in [-0.39, 0.29) is 5.91 Å². The number of morpholine rings is 1. The van der Waals surface area contributed by atoms with Gasteiger partial charge in [0.05, 0.1) is 25.5 Å². The second-order valence-corrected chi connectivity index (χ2v) is 13.4. The highest BCUT2D eigenvalue weighted by molar-refractivity contribution is 6.34. The molecule has 2 heterocycles. The van der Waals surface area contributed by atoms with E-state index < -0.39 is 0 Å². The van der Waals surface area contributed by atoms with Crippen LogP contribution in [0.25, 0.3) is 16.7 Å². The first kappa shape index (κ1) is 33.1. The molecule has 7 nitrogen and oxygen atoms in total. The Morgan fingerprint density at radius 3 is 2.36 bits per heavy atom. The van der Waals surface area contributed by atoms with Crippen molar-refractivity contribution >= 4 is 46.1 Å². The zero-order valence-electron chi connectivity index (χ0n) is 28.0. The van der Waals surface area contributed by atoms with Gasteiger partial charge in [-0.2, -0.15) is 5.10 Å². The van der Waals surface area contributed by atoms with Crippen LogP contribution in [-0.4, -0.2) is 48.6 Å². The van der Waals surface area contributed by atoms with E-state index in [1.807, 2.05) is 56.8 Å². The van der Waals surface area contributed by atoms with E-state index in [0.29, 0.717) is 37.7 Å². The lowest BCUT2D eigenvalue weighted by atomic mass is 9.93. The number of halogens is 2. The number of carbonyl (C=O) groups is 1. The maximum absolute atomic E-state index is 14.2. The number of aromatic nitrogens is 2. The van der Waals surface area contributed by atoms with Crippen LogP contribution in [0.1, 0.15) is 52.0 Å². The van der Waals surface area contributed by atoms with Gasteiger partial charge in [0.2, 0.25) is 0 Å². The van der Waals surface area contributed by atoms with Crippen molar-refractivity contribution in [2.45, 2.75) is 53.9 Å². The molecule has 1 fully saturated rings. The van der Waals surface area contributed by atoms with E-state index >= 15 is 0 Å². The van der Waals surface area contributed by atoms with Crippen molar-refractivity contribution in [3.05, 3.63) is 97.3 Å². The summed E-state index contributed by atoms with van der Waals surface area (Å²) in [5, 5.41) is 9.34. The van der Waals surface area contributed by atoms with Crippen LogP contribution in [0, 0.1) is 34.6 Å². The van der Waals surface area contributed by atoms with E-state index in [4.69, 9.17) is 32.7 Å². The molecule has 246 valence electrons. The standard InChI is InChI=1S/C38H42Cl2N4O3/c1-22-9-10-27(20-34(22)44-13-16-46-17-14-44)41-38(45)32-21-31-30(11-12-33(39)36(31)35-25(4)42-43(6)26(35)5)29(32)8-7-15-47-28-18-23(2)37(40)24(3)19-28/h9-12,18-20H,7-8,13-17,21H2,1-6H3,(H,41,45). The van der Waals surface area contributed by atoms with Crippen molar-refractivity contribution in [3.63, 3.8) is 0 Å². The lowest BCUT2D eigenvalue weighted by molar-refractivity contribution is -0.112. The van der Waals surface area contributed by atoms with Crippen LogP contribution in [0.15, 0.2) is 48.0 Å². The molecule has 1 aliphatic carbocycles. The lowest BCUT2D eigenvalue weighted by Gasteiger charge is -2.30. The van der Waals surface area contributed by atoms with Gasteiger partial charge in [-0.25, -0.2) is 0 Å². The third kappa shape index (κ3) is 6.67. The Balaban J connectivity index is 1.31. The predicted molar refractivity (Wildman–Crippen MR) is 192 cm³/mol. The molecule has 1 N–H and O–H groups in total. The van der Waals surface area contributed by atoms with Gasteiger partial charge in [0.25, 0.3) is 5.91 Å². The van der Waals surface area contributed by atoms with Crippen LogP contribution < -0.4 is 15.0 Å². The maximum Gasteiger partial charge on any atom is 0.252 e. The average Bonchev–Trinajstić information content (AvgIpc) is 3.54. The lowest BCUT2D eigenvalue weighted by Crippen LogP contribution is -2.36. The minimum atomic E-state index is -0.0976. The van der Waals surface area contributed by atoms with E-state index in [2.05, 4.69) is 47.4 Å². The van der Waals surface area contributed by atoms with Gasteiger partial charge in [0.1, 0.15) is 5.75 Å². The molecule has 3 aromatic carbocycles. The van der Waals surface area contributed by atoms with Crippen molar-refractivity contribution in [1.82, 2.24) is 9.78 Å². The number of nitrogens with zero attached hydrogens (tertiary/aromatic N) is 3. The Labute approximate surface area is 287 Å². The molecule has 2 aliphatic rings. The Morgan fingerprint density at radius 1 is 0.957 bits per heavy atom. The number of hydrogen-bond donors (Lipinski definition) is 1. The molecule has 1 aromatic heterocycles. The number of allylic oxidation sites excluding steroid dienone is 1. The molecule has 9 heteroatoms. The molecule has 0 unspecified atom stereocenters. The Kier molecular flexibility index (Phi) is 9.70. The number of nitrogens with one attached hydrogen (secondary N) is 1. The van der Waals surface area contributed by atoms with Crippen molar-refractivity contribution in [2.24, 2.45) is 7.05 Å². The summed E-state index contributed by atoms with van der Waals surface area (Å²) in [6, 6.07) is 14.1. The molecule has 4 aromatic rings. The molecule has 1 amide bonds. The number of aryl methyl sites for hydroxylation is 5. The Morgan fingerprint density at radius 2 is 1.68 bits per heavy atom. The van der Waals surface area contributed by atoms with Gasteiger partial charge in [-0.15, -0.1) is 0 Å².